The summed E-state index contributed by atoms with van der Waals surface area (Å²) >= 11 is 6.01. The second kappa shape index (κ2) is 6.93. The SMILES string of the molecule is CCn1cc(C(=O)NCCc2ccc[nH]2)c(=O)c2cc(Cl)ccc21. The third kappa shape index (κ3) is 3.21. The Kier molecular flexibility index (Phi) is 4.71. The van der Waals surface area contributed by atoms with Crippen LogP contribution in [-0.4, -0.2) is 22.0 Å². The number of fused-ring (bicyclic) bond motifs is 1. The molecule has 124 valence electrons. The maximum Gasteiger partial charge on any atom is 0.256 e. The zero-order valence-electron chi connectivity index (χ0n) is 13.3. The number of carbonyl (C=O) groups is 1. The summed E-state index contributed by atoms with van der Waals surface area (Å²) in [4.78, 5) is 28.1. The van der Waals surface area contributed by atoms with Gasteiger partial charge < -0.3 is 14.9 Å². The van der Waals surface area contributed by atoms with E-state index in [4.69, 9.17) is 11.6 Å². The molecule has 5 nitrogen and oxygen atoms in total. The predicted molar refractivity (Wildman–Crippen MR) is 95.7 cm³/mol. The number of hydrogen-bond donors (Lipinski definition) is 2. The summed E-state index contributed by atoms with van der Waals surface area (Å²) in [5.74, 6) is -0.365. The molecule has 6 heteroatoms. The van der Waals surface area contributed by atoms with Gasteiger partial charge in [0.15, 0.2) is 0 Å². The average Bonchev–Trinajstić information content (AvgIpc) is 3.09. The molecule has 0 radical (unpaired) electrons. The van der Waals surface area contributed by atoms with Crippen molar-refractivity contribution in [1.82, 2.24) is 14.9 Å². The first-order valence-corrected chi connectivity index (χ1v) is 8.21. The van der Waals surface area contributed by atoms with Crippen molar-refractivity contribution in [1.29, 1.82) is 0 Å². The van der Waals surface area contributed by atoms with Crippen LogP contribution in [0.3, 0.4) is 0 Å². The van der Waals surface area contributed by atoms with E-state index in [0.29, 0.717) is 29.9 Å². The molecule has 3 rings (SSSR count). The minimum absolute atomic E-state index is 0.137. The Morgan fingerprint density at radius 3 is 2.88 bits per heavy atom. The van der Waals surface area contributed by atoms with E-state index >= 15 is 0 Å². The number of aromatic nitrogens is 2. The number of hydrogen-bond acceptors (Lipinski definition) is 2. The monoisotopic (exact) mass is 343 g/mol. The minimum atomic E-state index is -0.365. The number of pyridine rings is 1. The van der Waals surface area contributed by atoms with Gasteiger partial charge in [-0.1, -0.05) is 11.6 Å². The van der Waals surface area contributed by atoms with Gasteiger partial charge in [0.25, 0.3) is 5.91 Å². The average molecular weight is 344 g/mol. The molecule has 2 aromatic heterocycles. The summed E-state index contributed by atoms with van der Waals surface area (Å²) in [5.41, 5.74) is 1.65. The maximum absolute atomic E-state index is 12.6. The van der Waals surface area contributed by atoms with Gasteiger partial charge in [0.2, 0.25) is 5.43 Å². The lowest BCUT2D eigenvalue weighted by molar-refractivity contribution is 0.0952. The van der Waals surface area contributed by atoms with Gasteiger partial charge >= 0.3 is 0 Å². The molecule has 0 bridgehead atoms. The van der Waals surface area contributed by atoms with Gasteiger partial charge in [0.1, 0.15) is 5.56 Å². The Labute approximate surface area is 144 Å². The number of amides is 1. The fraction of sp³-hybridized carbons (Fsp3) is 0.222. The topological polar surface area (TPSA) is 66.9 Å². The number of aromatic amines is 1. The second-order valence-electron chi connectivity index (χ2n) is 5.52. The third-order valence-electron chi connectivity index (χ3n) is 3.97. The molecule has 24 heavy (non-hydrogen) atoms. The van der Waals surface area contributed by atoms with E-state index in [9.17, 15) is 9.59 Å². The summed E-state index contributed by atoms with van der Waals surface area (Å²) in [7, 11) is 0. The van der Waals surface area contributed by atoms with E-state index in [-0.39, 0.29) is 16.9 Å². The number of H-pyrrole nitrogens is 1. The largest absolute Gasteiger partial charge is 0.365 e. The van der Waals surface area contributed by atoms with Crippen molar-refractivity contribution in [3.8, 4) is 0 Å². The van der Waals surface area contributed by atoms with Crippen molar-refractivity contribution in [2.24, 2.45) is 0 Å². The summed E-state index contributed by atoms with van der Waals surface area (Å²) in [6.45, 7) is 3.07. The van der Waals surface area contributed by atoms with Crippen LogP contribution in [0.1, 0.15) is 23.0 Å². The molecule has 2 N–H and O–H groups in total. The van der Waals surface area contributed by atoms with E-state index in [1.165, 1.54) is 0 Å². The van der Waals surface area contributed by atoms with Crippen molar-refractivity contribution in [3.05, 3.63) is 69.2 Å². The first-order valence-electron chi connectivity index (χ1n) is 7.83. The fourth-order valence-corrected chi connectivity index (χ4v) is 2.89. The molecule has 1 amide bonds. The van der Waals surface area contributed by atoms with Gasteiger partial charge in [-0.2, -0.15) is 0 Å². The van der Waals surface area contributed by atoms with Gasteiger partial charge in [-0.25, -0.2) is 0 Å². The zero-order valence-corrected chi connectivity index (χ0v) is 14.1. The third-order valence-corrected chi connectivity index (χ3v) is 4.20. The van der Waals surface area contributed by atoms with Crippen molar-refractivity contribution >= 4 is 28.4 Å². The number of carbonyl (C=O) groups excluding carboxylic acids is 1. The fourth-order valence-electron chi connectivity index (χ4n) is 2.72. The van der Waals surface area contributed by atoms with Crippen LogP contribution in [0.15, 0.2) is 47.5 Å². The molecule has 0 aliphatic heterocycles. The first kappa shape index (κ1) is 16.3. The van der Waals surface area contributed by atoms with Gasteiger partial charge in [-0.3, -0.25) is 9.59 Å². The van der Waals surface area contributed by atoms with Crippen molar-refractivity contribution in [2.45, 2.75) is 19.9 Å². The molecule has 3 aromatic rings. The standard InChI is InChI=1S/C18H18ClN3O2/c1-2-22-11-15(17(23)14-10-12(19)5-6-16(14)22)18(24)21-9-7-13-4-3-8-20-13/h3-6,8,10-11,20H,2,7,9H2,1H3,(H,21,24). The molecule has 0 spiro atoms. The highest BCUT2D eigenvalue weighted by atomic mass is 35.5. The Morgan fingerprint density at radius 1 is 1.33 bits per heavy atom. The molecule has 0 aliphatic carbocycles. The number of nitrogens with zero attached hydrogens (tertiary/aromatic N) is 1. The molecule has 2 heterocycles. The Bertz CT molecular complexity index is 929. The number of benzene rings is 1. The van der Waals surface area contributed by atoms with E-state index in [2.05, 4.69) is 10.3 Å². The number of aryl methyl sites for hydroxylation is 1. The van der Waals surface area contributed by atoms with Gasteiger partial charge in [-0.15, -0.1) is 0 Å². The molecule has 0 saturated heterocycles. The Hall–Kier alpha value is -2.53. The summed E-state index contributed by atoms with van der Waals surface area (Å²) in [5, 5.41) is 3.74. The highest BCUT2D eigenvalue weighted by molar-refractivity contribution is 6.31. The molecule has 0 saturated carbocycles. The molecular weight excluding hydrogens is 326 g/mol. The van der Waals surface area contributed by atoms with E-state index < -0.39 is 0 Å². The number of halogens is 1. The molecule has 0 atom stereocenters. The lowest BCUT2D eigenvalue weighted by atomic mass is 10.1. The predicted octanol–water partition coefficient (Wildman–Crippen LogP) is 2.98. The summed E-state index contributed by atoms with van der Waals surface area (Å²) in [6, 6.07) is 9.01. The van der Waals surface area contributed by atoms with Crippen LogP contribution in [0.4, 0.5) is 0 Å². The van der Waals surface area contributed by atoms with E-state index in [1.807, 2.05) is 29.8 Å². The molecule has 1 aromatic carbocycles. The van der Waals surface area contributed by atoms with Crippen molar-refractivity contribution < 1.29 is 4.79 Å². The van der Waals surface area contributed by atoms with Crippen LogP contribution in [0.25, 0.3) is 10.9 Å². The maximum atomic E-state index is 12.6. The number of rotatable bonds is 5. The van der Waals surface area contributed by atoms with Crippen LogP contribution in [0, 0.1) is 0 Å². The Balaban J connectivity index is 1.89. The summed E-state index contributed by atoms with van der Waals surface area (Å²) in [6.07, 6.45) is 4.13. The van der Waals surface area contributed by atoms with Crippen LogP contribution in [0.5, 0.6) is 0 Å². The lowest BCUT2D eigenvalue weighted by Crippen LogP contribution is -2.31. The molecule has 0 aliphatic rings. The smallest absolute Gasteiger partial charge is 0.256 e. The zero-order chi connectivity index (χ0) is 17.1. The minimum Gasteiger partial charge on any atom is -0.365 e. The number of nitrogens with one attached hydrogen (secondary N) is 2. The van der Waals surface area contributed by atoms with Crippen LogP contribution < -0.4 is 10.7 Å². The van der Waals surface area contributed by atoms with Gasteiger partial charge in [0.05, 0.1) is 5.52 Å². The highest BCUT2D eigenvalue weighted by Gasteiger charge is 2.15. The first-order chi connectivity index (χ1) is 11.6. The Morgan fingerprint density at radius 2 is 2.17 bits per heavy atom. The van der Waals surface area contributed by atoms with E-state index in [0.717, 1.165) is 11.2 Å². The molecule has 0 fully saturated rings. The van der Waals surface area contributed by atoms with Crippen LogP contribution in [-0.2, 0) is 13.0 Å². The quantitative estimate of drug-likeness (QED) is 0.748. The van der Waals surface area contributed by atoms with Gasteiger partial charge in [-0.05, 0) is 37.3 Å². The molecular formula is C18H18ClN3O2. The van der Waals surface area contributed by atoms with E-state index in [1.54, 1.807) is 24.4 Å². The van der Waals surface area contributed by atoms with Crippen molar-refractivity contribution in [3.63, 3.8) is 0 Å². The highest BCUT2D eigenvalue weighted by Crippen LogP contribution is 2.17. The normalized spacial score (nSPS) is 10.9. The van der Waals surface area contributed by atoms with Crippen molar-refractivity contribution in [2.75, 3.05) is 6.54 Å². The van der Waals surface area contributed by atoms with Crippen LogP contribution in [0.2, 0.25) is 5.02 Å². The molecule has 0 unspecified atom stereocenters. The van der Waals surface area contributed by atoms with Crippen LogP contribution >= 0.6 is 11.6 Å². The van der Waals surface area contributed by atoms with Gasteiger partial charge in [0, 0.05) is 48.0 Å². The lowest BCUT2D eigenvalue weighted by Gasteiger charge is -2.12. The second-order valence-corrected chi connectivity index (χ2v) is 5.96. The summed E-state index contributed by atoms with van der Waals surface area (Å²) < 4.78 is 1.88.